The van der Waals surface area contributed by atoms with Crippen molar-refractivity contribution in [2.24, 2.45) is 0 Å². The average molecular weight is 693 g/mol. The van der Waals surface area contributed by atoms with Crippen molar-refractivity contribution in [1.29, 1.82) is 0 Å². The van der Waals surface area contributed by atoms with E-state index in [1.807, 2.05) is 0 Å². The Morgan fingerprint density at radius 2 is 0.489 bits per heavy atom. The van der Waals surface area contributed by atoms with Gasteiger partial charge in [0.25, 0.3) is 0 Å². The molecule has 10 rings (SSSR count). The van der Waals surface area contributed by atoms with E-state index in [2.05, 4.69) is 146 Å². The number of rotatable bonds is 2. The van der Waals surface area contributed by atoms with Crippen LogP contribution in [0.5, 0.6) is 0 Å². The number of hydrogen-bond acceptors (Lipinski definition) is 0. The van der Waals surface area contributed by atoms with Crippen LogP contribution < -0.4 is 24.8 Å². The molecule has 0 atom stereocenters. The molecule has 0 saturated carbocycles. The Morgan fingerprint density at radius 3 is 0.711 bits per heavy atom. The monoisotopic (exact) mass is 690 g/mol. The van der Waals surface area contributed by atoms with Crippen molar-refractivity contribution in [3.8, 4) is 22.3 Å². The van der Waals surface area contributed by atoms with Crippen molar-refractivity contribution >= 4 is 43.1 Å². The normalized spacial score (nSPS) is 13.2. The number of benzene rings is 8. The van der Waals surface area contributed by atoms with Crippen molar-refractivity contribution in [3.05, 3.63) is 168 Å². The zero-order valence-corrected chi connectivity index (χ0v) is 28.2. The second-order valence-electron chi connectivity index (χ2n) is 12.2. The topological polar surface area (TPSA) is 0 Å². The first-order valence-electron chi connectivity index (χ1n) is 15.2. The predicted molar refractivity (Wildman–Crippen MR) is 177 cm³/mol. The molecule has 45 heavy (non-hydrogen) atoms. The molecular formula is C42H26Cl2Zr. The van der Waals surface area contributed by atoms with E-state index in [0.717, 1.165) is 0 Å². The van der Waals surface area contributed by atoms with Gasteiger partial charge in [0.05, 0.1) is 0 Å². The minimum absolute atomic E-state index is 0. The van der Waals surface area contributed by atoms with Gasteiger partial charge in [-0.1, -0.05) is 0 Å². The zero-order chi connectivity index (χ0) is 28.1. The molecular weight excluding hydrogens is 667 g/mol. The molecule has 0 spiro atoms. The Labute approximate surface area is 286 Å². The summed E-state index contributed by atoms with van der Waals surface area (Å²) < 4.78 is 0.981. The van der Waals surface area contributed by atoms with Crippen LogP contribution in [0.4, 0.5) is 0 Å². The van der Waals surface area contributed by atoms with Gasteiger partial charge < -0.3 is 24.8 Å². The summed E-state index contributed by atoms with van der Waals surface area (Å²) in [6, 6.07) is 55.6. The third-order valence-corrected chi connectivity index (χ3v) is 14.5. The molecule has 0 radical (unpaired) electrons. The molecule has 0 aliphatic heterocycles. The van der Waals surface area contributed by atoms with Gasteiger partial charge in [-0.15, -0.1) is 0 Å². The van der Waals surface area contributed by atoms with Gasteiger partial charge in [0.1, 0.15) is 0 Å². The summed E-state index contributed by atoms with van der Waals surface area (Å²) in [6.07, 6.45) is 0. The molecule has 0 amide bonds. The fourth-order valence-electron chi connectivity index (χ4n) is 7.78. The van der Waals surface area contributed by atoms with Crippen LogP contribution in [-0.4, -0.2) is 0 Å². The van der Waals surface area contributed by atoms with Gasteiger partial charge in [-0.2, -0.15) is 0 Å². The molecule has 0 bridgehead atoms. The SMILES string of the molecule is [Cl-].[Cl-].c1ccc2cc3c(cc2c1)-c1cc2ccccc2cc1[CH]3[Zr+2][CH]1c2cc3ccccc3cc2-c2cc3ccccc3cc21. The first-order valence-corrected chi connectivity index (χ1v) is 18.0. The maximum atomic E-state index is 2.53. The van der Waals surface area contributed by atoms with Crippen LogP contribution >= 0.6 is 0 Å². The van der Waals surface area contributed by atoms with Gasteiger partial charge in [-0.25, -0.2) is 0 Å². The molecule has 0 heterocycles. The Bertz CT molecular complexity index is 2120. The van der Waals surface area contributed by atoms with Gasteiger partial charge in [-0.05, 0) is 0 Å². The van der Waals surface area contributed by atoms with Crippen LogP contribution in [-0.2, 0) is 23.2 Å². The van der Waals surface area contributed by atoms with Crippen LogP contribution in [0.1, 0.15) is 29.5 Å². The van der Waals surface area contributed by atoms with Crippen LogP contribution in [0.3, 0.4) is 0 Å². The van der Waals surface area contributed by atoms with E-state index in [4.69, 9.17) is 0 Å². The maximum absolute atomic E-state index is 2.53. The summed E-state index contributed by atoms with van der Waals surface area (Å²) in [5, 5.41) is 10.8. The summed E-state index contributed by atoms with van der Waals surface area (Å²) in [5.41, 5.74) is 12.0. The molecule has 0 aromatic heterocycles. The third kappa shape index (κ3) is 4.36. The average Bonchev–Trinajstić information content (AvgIpc) is 3.50. The summed E-state index contributed by atoms with van der Waals surface area (Å²) in [4.78, 5) is 0. The molecule has 0 N–H and O–H groups in total. The summed E-state index contributed by atoms with van der Waals surface area (Å²) >= 11 is -1.14. The van der Waals surface area contributed by atoms with E-state index in [1.54, 1.807) is 22.3 Å². The van der Waals surface area contributed by atoms with Gasteiger partial charge in [0, 0.05) is 0 Å². The van der Waals surface area contributed by atoms with E-state index in [-0.39, 0.29) is 24.8 Å². The van der Waals surface area contributed by atoms with Crippen LogP contribution in [0.25, 0.3) is 65.3 Å². The molecule has 2 aliphatic carbocycles. The summed E-state index contributed by atoms with van der Waals surface area (Å²) in [7, 11) is 0. The standard InChI is InChI=1S/2C21H13.2ClH.Zr/c2*1-3-7-16-12-20-18(9-14(16)5-1)11-19-10-15-6-2-4-8-17(15)13-21(19)20;;;/h2*1-13H;2*1H;/q;;;;+2/p-2. The van der Waals surface area contributed by atoms with Crippen molar-refractivity contribution in [1.82, 2.24) is 0 Å². The van der Waals surface area contributed by atoms with E-state index < -0.39 is 23.2 Å². The Balaban J connectivity index is 0.00000150. The van der Waals surface area contributed by atoms with Crippen LogP contribution in [0.2, 0.25) is 0 Å². The molecule has 2 aliphatic rings. The van der Waals surface area contributed by atoms with E-state index in [0.29, 0.717) is 7.25 Å². The molecule has 0 unspecified atom stereocenters. The van der Waals surface area contributed by atoms with E-state index in [9.17, 15) is 0 Å². The first kappa shape index (κ1) is 28.7. The molecule has 0 saturated heterocycles. The molecule has 212 valence electrons. The number of hydrogen-bond donors (Lipinski definition) is 0. The molecule has 3 heteroatoms. The van der Waals surface area contributed by atoms with Crippen molar-refractivity contribution < 1.29 is 48.0 Å². The first-order chi connectivity index (χ1) is 21.3. The molecule has 0 fully saturated rings. The predicted octanol–water partition coefficient (Wildman–Crippen LogP) is 5.23. The van der Waals surface area contributed by atoms with Gasteiger partial charge in [0.15, 0.2) is 0 Å². The van der Waals surface area contributed by atoms with E-state index >= 15 is 0 Å². The quantitative estimate of drug-likeness (QED) is 0.233. The number of halogens is 2. The van der Waals surface area contributed by atoms with Crippen molar-refractivity contribution in [2.45, 2.75) is 7.25 Å². The third-order valence-electron chi connectivity index (χ3n) is 9.83. The minimum atomic E-state index is -1.14. The Morgan fingerprint density at radius 1 is 0.289 bits per heavy atom. The molecule has 0 nitrogen and oxygen atoms in total. The second-order valence-corrected chi connectivity index (χ2v) is 15.8. The van der Waals surface area contributed by atoms with Gasteiger partial charge in [0.2, 0.25) is 0 Å². The van der Waals surface area contributed by atoms with Crippen molar-refractivity contribution in [2.75, 3.05) is 0 Å². The number of fused-ring (bicyclic) bond motifs is 10. The Kier molecular flexibility index (Phi) is 6.99. The second kappa shape index (κ2) is 11.0. The van der Waals surface area contributed by atoms with Gasteiger partial charge >= 0.3 is 264 Å². The summed E-state index contributed by atoms with van der Waals surface area (Å²) in [6.45, 7) is 0. The summed E-state index contributed by atoms with van der Waals surface area (Å²) in [5.74, 6) is 0. The molecule has 8 aromatic rings. The van der Waals surface area contributed by atoms with Crippen LogP contribution in [0.15, 0.2) is 146 Å². The van der Waals surface area contributed by atoms with E-state index in [1.165, 1.54) is 65.3 Å². The van der Waals surface area contributed by atoms with Crippen molar-refractivity contribution in [3.63, 3.8) is 0 Å². The molecule has 8 aromatic carbocycles. The fourth-order valence-corrected chi connectivity index (χ4v) is 12.7. The fraction of sp³-hybridized carbons (Fsp3) is 0.0476. The Hall–Kier alpha value is -3.74. The van der Waals surface area contributed by atoms with Crippen LogP contribution in [0, 0.1) is 0 Å². The van der Waals surface area contributed by atoms with Gasteiger partial charge in [-0.3, -0.25) is 0 Å². The zero-order valence-electron chi connectivity index (χ0n) is 24.3.